The molecule has 0 spiro atoms. The summed E-state index contributed by atoms with van der Waals surface area (Å²) >= 11 is 0. The van der Waals surface area contributed by atoms with Crippen LogP contribution in [0.2, 0.25) is 18.1 Å². The number of aryl methyl sites for hydroxylation is 1. The van der Waals surface area contributed by atoms with Crippen LogP contribution >= 0.6 is 0 Å². The van der Waals surface area contributed by atoms with Gasteiger partial charge in [-0.3, -0.25) is 9.59 Å². The molecule has 0 unspecified atom stereocenters. The quantitative estimate of drug-likeness (QED) is 0.207. The molecule has 3 aromatic rings. The van der Waals surface area contributed by atoms with E-state index in [9.17, 15) is 9.59 Å². The molecule has 2 amide bonds. The van der Waals surface area contributed by atoms with Gasteiger partial charge in [-0.05, 0) is 54.6 Å². The summed E-state index contributed by atoms with van der Waals surface area (Å²) in [6.07, 6.45) is 9.84. The molecule has 0 fully saturated rings. The van der Waals surface area contributed by atoms with E-state index in [-0.39, 0.29) is 22.7 Å². The van der Waals surface area contributed by atoms with Crippen molar-refractivity contribution in [1.29, 1.82) is 0 Å². The zero-order chi connectivity index (χ0) is 27.2. The van der Waals surface area contributed by atoms with Gasteiger partial charge in [0.1, 0.15) is 5.69 Å². The van der Waals surface area contributed by atoms with Crippen LogP contribution in [0.4, 0.5) is 5.69 Å². The van der Waals surface area contributed by atoms with Crippen LogP contribution < -0.4 is 11.1 Å². The largest absolute Gasteiger partial charge is 0.415 e. The fraction of sp³-hybridized carbons (Fsp3) is 0.536. The van der Waals surface area contributed by atoms with Gasteiger partial charge in [-0.1, -0.05) is 46.6 Å². The third-order valence-corrected chi connectivity index (χ3v) is 12.0. The summed E-state index contributed by atoms with van der Waals surface area (Å²) < 4.78 is 10.7. The number of hydrogen-bond donors (Lipinski definition) is 2. The van der Waals surface area contributed by atoms with E-state index < -0.39 is 14.2 Å². The second-order valence-electron chi connectivity index (χ2n) is 11.4. The number of unbranched alkanes of at least 4 members (excludes halogenated alkanes) is 2. The van der Waals surface area contributed by atoms with Gasteiger partial charge in [0.15, 0.2) is 8.32 Å². The molecule has 3 N–H and O–H groups in total. The van der Waals surface area contributed by atoms with E-state index in [0.29, 0.717) is 13.0 Å². The van der Waals surface area contributed by atoms with Crippen LogP contribution in [0.1, 0.15) is 76.3 Å². The first-order chi connectivity index (χ1) is 17.4. The van der Waals surface area contributed by atoms with Crippen LogP contribution in [0.15, 0.2) is 43.0 Å². The minimum Gasteiger partial charge on any atom is -0.415 e. The number of carbonyl (C=O) groups excluding carboxylic acids is 2. The molecule has 1 atom stereocenters. The highest BCUT2D eigenvalue weighted by atomic mass is 28.4. The Balaban J connectivity index is 1.76. The summed E-state index contributed by atoms with van der Waals surface area (Å²) in [7, 11) is -1.96. The number of anilines is 1. The van der Waals surface area contributed by atoms with Crippen LogP contribution in [-0.2, 0) is 15.8 Å². The molecule has 0 radical (unpaired) electrons. The molecule has 2 heterocycles. The maximum absolute atomic E-state index is 12.3. The van der Waals surface area contributed by atoms with Crippen molar-refractivity contribution in [2.75, 3.05) is 11.9 Å². The number of benzene rings is 1. The second kappa shape index (κ2) is 12.1. The smallest absolute Gasteiger partial charge is 0.268 e. The highest BCUT2D eigenvalue weighted by Crippen LogP contribution is 2.37. The van der Waals surface area contributed by atoms with Gasteiger partial charge in [-0.15, -0.1) is 0 Å². The lowest BCUT2D eigenvalue weighted by Crippen LogP contribution is -2.42. The summed E-state index contributed by atoms with van der Waals surface area (Å²) in [6.45, 7) is 14.6. The van der Waals surface area contributed by atoms with Crippen LogP contribution in [0.25, 0.3) is 10.9 Å². The minimum atomic E-state index is -1.96. The second-order valence-corrected chi connectivity index (χ2v) is 16.2. The fourth-order valence-corrected chi connectivity index (χ4v) is 5.05. The lowest BCUT2D eigenvalue weighted by Gasteiger charge is -2.37. The fourth-order valence-electron chi connectivity index (χ4n) is 4.01. The van der Waals surface area contributed by atoms with Crippen molar-refractivity contribution < 1.29 is 14.0 Å². The van der Waals surface area contributed by atoms with Gasteiger partial charge in [0.25, 0.3) is 5.91 Å². The third-order valence-electron chi connectivity index (χ3n) is 7.49. The number of nitrogens with zero attached hydrogens (tertiary/aromatic N) is 3. The van der Waals surface area contributed by atoms with Crippen LogP contribution in [-0.4, -0.2) is 40.9 Å². The van der Waals surface area contributed by atoms with E-state index in [2.05, 4.69) is 67.9 Å². The molecule has 0 saturated heterocycles. The summed E-state index contributed by atoms with van der Waals surface area (Å²) in [5, 5.41) is 4.26. The predicted molar refractivity (Wildman–Crippen MR) is 152 cm³/mol. The van der Waals surface area contributed by atoms with Crippen molar-refractivity contribution in [2.24, 2.45) is 5.73 Å². The zero-order valence-electron chi connectivity index (χ0n) is 23.2. The number of nitrogens with two attached hydrogens (primary N) is 1. The summed E-state index contributed by atoms with van der Waals surface area (Å²) in [6, 6.07) is 8.12. The highest BCUT2D eigenvalue weighted by molar-refractivity contribution is 6.74. The van der Waals surface area contributed by atoms with Gasteiger partial charge in [0, 0.05) is 31.0 Å². The van der Waals surface area contributed by atoms with Crippen molar-refractivity contribution in [3.8, 4) is 0 Å². The van der Waals surface area contributed by atoms with Crippen LogP contribution in [0, 0.1) is 0 Å². The van der Waals surface area contributed by atoms with E-state index in [4.69, 9.17) is 10.2 Å². The number of imidazole rings is 1. The van der Waals surface area contributed by atoms with Crippen LogP contribution in [0.3, 0.4) is 0 Å². The Labute approximate surface area is 221 Å². The SMILES string of the molecule is CCCCCC(=O)Nc1ccc2ccn(CC[C@H](CO[Si](C)(C)C(C)(C)C)n3cnc(C(N)=O)c3)c2c1. The average molecular weight is 526 g/mol. The third kappa shape index (κ3) is 7.55. The Morgan fingerprint density at radius 1 is 1.19 bits per heavy atom. The van der Waals surface area contributed by atoms with Gasteiger partial charge in [0.05, 0.1) is 24.5 Å². The standard InChI is InChI=1S/C28H43N5O3Si/c1-7-8-9-10-26(34)31-22-12-11-21-13-15-32(25(21)17-22)16-14-23(19-36-37(5,6)28(2,3)4)33-18-24(27(29)35)30-20-33/h11-13,15,17-18,20,23H,7-10,14,16,19H2,1-6H3,(H2,29,35)(H,31,34)/t23-/m1/s1. The van der Waals surface area contributed by atoms with Gasteiger partial charge in [-0.25, -0.2) is 4.98 Å². The molecule has 202 valence electrons. The van der Waals surface area contributed by atoms with Gasteiger partial charge < -0.3 is 24.6 Å². The number of hydrogen-bond acceptors (Lipinski definition) is 4. The summed E-state index contributed by atoms with van der Waals surface area (Å²) in [5.74, 6) is -0.484. The Kier molecular flexibility index (Phi) is 9.36. The van der Waals surface area contributed by atoms with E-state index in [0.717, 1.165) is 48.8 Å². The summed E-state index contributed by atoms with van der Waals surface area (Å²) in [4.78, 5) is 28.2. The van der Waals surface area contributed by atoms with Gasteiger partial charge in [-0.2, -0.15) is 0 Å². The number of aromatic nitrogens is 3. The molecule has 0 aliphatic rings. The van der Waals surface area contributed by atoms with Gasteiger partial charge in [0.2, 0.25) is 5.91 Å². The lowest BCUT2D eigenvalue weighted by atomic mass is 10.2. The molecule has 0 aliphatic heterocycles. The molecule has 8 nitrogen and oxygen atoms in total. The van der Waals surface area contributed by atoms with E-state index in [1.54, 1.807) is 12.5 Å². The van der Waals surface area contributed by atoms with E-state index in [1.807, 2.05) is 22.8 Å². The number of amides is 2. The molecule has 0 bridgehead atoms. The normalized spacial score (nSPS) is 13.1. The molecule has 1 aromatic carbocycles. The lowest BCUT2D eigenvalue weighted by molar-refractivity contribution is -0.116. The molecule has 37 heavy (non-hydrogen) atoms. The minimum absolute atomic E-state index is 0.00590. The van der Waals surface area contributed by atoms with Crippen molar-refractivity contribution in [3.63, 3.8) is 0 Å². The Morgan fingerprint density at radius 2 is 1.95 bits per heavy atom. The van der Waals surface area contributed by atoms with Crippen molar-refractivity contribution in [1.82, 2.24) is 14.1 Å². The molecule has 2 aromatic heterocycles. The maximum atomic E-state index is 12.3. The summed E-state index contributed by atoms with van der Waals surface area (Å²) in [5.41, 5.74) is 7.58. The number of carbonyl (C=O) groups is 2. The number of rotatable bonds is 13. The number of fused-ring (bicyclic) bond motifs is 1. The molecule has 0 saturated carbocycles. The average Bonchev–Trinajstić information content (AvgIpc) is 3.46. The number of nitrogens with one attached hydrogen (secondary N) is 1. The molecule has 9 heteroatoms. The molecule has 0 aliphatic carbocycles. The zero-order valence-corrected chi connectivity index (χ0v) is 24.2. The Hall–Kier alpha value is -2.91. The Morgan fingerprint density at radius 3 is 2.59 bits per heavy atom. The van der Waals surface area contributed by atoms with Crippen LogP contribution in [0.5, 0.6) is 0 Å². The first-order valence-electron chi connectivity index (χ1n) is 13.3. The highest BCUT2D eigenvalue weighted by Gasteiger charge is 2.37. The monoisotopic (exact) mass is 525 g/mol. The first kappa shape index (κ1) is 28.7. The van der Waals surface area contributed by atoms with Crippen molar-refractivity contribution >= 4 is 36.7 Å². The van der Waals surface area contributed by atoms with E-state index in [1.165, 1.54) is 0 Å². The molecule has 3 rings (SSSR count). The van der Waals surface area contributed by atoms with E-state index >= 15 is 0 Å². The maximum Gasteiger partial charge on any atom is 0.268 e. The molecular formula is C28H43N5O3Si. The van der Waals surface area contributed by atoms with Crippen molar-refractivity contribution in [2.45, 2.75) is 90.5 Å². The molecular weight excluding hydrogens is 482 g/mol. The predicted octanol–water partition coefficient (Wildman–Crippen LogP) is 6.11. The topological polar surface area (TPSA) is 104 Å². The van der Waals surface area contributed by atoms with Crippen molar-refractivity contribution in [3.05, 3.63) is 48.7 Å². The Bertz CT molecular complexity index is 1210. The van der Waals surface area contributed by atoms with Gasteiger partial charge >= 0.3 is 0 Å². The number of primary amides is 1. The first-order valence-corrected chi connectivity index (χ1v) is 16.2.